The number of benzene rings is 2. The predicted octanol–water partition coefficient (Wildman–Crippen LogP) is 4.91. The van der Waals surface area contributed by atoms with Crippen LogP contribution in [0.15, 0.2) is 73.4 Å². The van der Waals surface area contributed by atoms with Gasteiger partial charge in [0.05, 0.1) is 18.9 Å². The minimum absolute atomic E-state index is 0.0678. The maximum absolute atomic E-state index is 15.0. The third-order valence-corrected chi connectivity index (χ3v) is 11.4. The van der Waals surface area contributed by atoms with Crippen LogP contribution in [0, 0.1) is 17.0 Å². The molecule has 16 nitrogen and oxygen atoms in total. The number of aromatic nitrogens is 1. The maximum Gasteiger partial charge on any atom is 0.305 e. The molecule has 3 aromatic rings. The van der Waals surface area contributed by atoms with Crippen molar-refractivity contribution < 1.29 is 47.4 Å². The Morgan fingerprint density at radius 1 is 0.821 bits per heavy atom. The molecule has 67 heavy (non-hydrogen) atoms. The lowest BCUT2D eigenvalue weighted by Gasteiger charge is -2.33. The summed E-state index contributed by atoms with van der Waals surface area (Å²) < 4.78 is 31.3. The van der Waals surface area contributed by atoms with Gasteiger partial charge in [-0.2, -0.15) is 0 Å². The Labute approximate surface area is 391 Å². The van der Waals surface area contributed by atoms with Crippen molar-refractivity contribution in [3.8, 4) is 11.1 Å². The zero-order valence-electron chi connectivity index (χ0n) is 39.4. The lowest BCUT2D eigenvalue weighted by molar-refractivity contribution is -0.141. The molecule has 0 saturated carbocycles. The molecule has 0 radical (unpaired) electrons. The van der Waals surface area contributed by atoms with Gasteiger partial charge in [0, 0.05) is 54.5 Å². The van der Waals surface area contributed by atoms with Crippen molar-refractivity contribution in [1.29, 1.82) is 0 Å². The number of nitrogens with two attached hydrogens (primary N) is 1. The number of carbonyl (C=O) groups excluding carboxylic acids is 6. The van der Waals surface area contributed by atoms with Crippen molar-refractivity contribution in [2.45, 2.75) is 136 Å². The number of amides is 6. The number of halogens is 2. The number of carbonyl (C=O) groups is 7. The van der Waals surface area contributed by atoms with Gasteiger partial charge in [-0.25, -0.2) is 8.78 Å². The first-order chi connectivity index (χ1) is 31.6. The van der Waals surface area contributed by atoms with Gasteiger partial charge >= 0.3 is 5.97 Å². The molecular formula is C49H68F2N8O8. The van der Waals surface area contributed by atoms with Gasteiger partial charge in [0.25, 0.3) is 0 Å². The summed E-state index contributed by atoms with van der Waals surface area (Å²) >= 11 is 0. The summed E-state index contributed by atoms with van der Waals surface area (Å²) in [5.74, 6) is -7.07. The number of nitrogens with zero attached hydrogens (tertiary/aromatic N) is 1. The number of aliphatic carboxylic acids is 1. The molecule has 0 aliphatic heterocycles. The fourth-order valence-corrected chi connectivity index (χ4v) is 7.63. The van der Waals surface area contributed by atoms with Crippen LogP contribution < -0.4 is 37.6 Å². The lowest BCUT2D eigenvalue weighted by Crippen LogP contribution is -2.57. The Morgan fingerprint density at radius 2 is 1.46 bits per heavy atom. The number of hydrogen-bond donors (Lipinski definition) is 8. The highest BCUT2D eigenvalue weighted by Gasteiger charge is 2.32. The third-order valence-electron chi connectivity index (χ3n) is 11.4. The van der Waals surface area contributed by atoms with Gasteiger partial charge in [0.1, 0.15) is 29.8 Å². The fourth-order valence-electron chi connectivity index (χ4n) is 7.63. The second kappa shape index (κ2) is 26.0. The van der Waals surface area contributed by atoms with Gasteiger partial charge in [-0.1, -0.05) is 71.0 Å². The standard InChI is InChI=1S/C49H68F2N8O8/c1-8-22-49(9-2,10-3)58-42(62)19-14-18-41(61)55-31(4)45(65)56-38(28-43(63)64)47(67)57-37(27-40(52)60)46(66)54-24-15-23-53-44(48(5,6)7)39-25-33(35-26-34(50)20-21-36(35)51)30-59(39)29-32-16-12-11-13-17-32/h8,11-13,16-17,20-21,25-26,30-31,37-38,44,53H,1,9-10,14-15,18-19,22-24,27-29H2,2-7H3,(H2,52,60)(H,54,66)(H,55,61)(H,56,65)(H,57,67)(H,58,62)(H,63,64)/t31-,37-,38-,44-/m0/s1. The summed E-state index contributed by atoms with van der Waals surface area (Å²) in [6.07, 6.45) is 4.55. The molecule has 9 N–H and O–H groups in total. The van der Waals surface area contributed by atoms with Crippen molar-refractivity contribution in [3.05, 3.63) is 96.3 Å². The molecule has 1 heterocycles. The highest BCUT2D eigenvalue weighted by molar-refractivity contribution is 5.97. The molecule has 0 bridgehead atoms. The summed E-state index contributed by atoms with van der Waals surface area (Å²) in [6.45, 7) is 16.0. The summed E-state index contributed by atoms with van der Waals surface area (Å²) in [6, 6.07) is 10.1. The Balaban J connectivity index is 1.62. The summed E-state index contributed by atoms with van der Waals surface area (Å²) in [7, 11) is 0. The first-order valence-corrected chi connectivity index (χ1v) is 22.6. The van der Waals surface area contributed by atoms with E-state index in [1.807, 2.05) is 75.6 Å². The van der Waals surface area contributed by atoms with Gasteiger partial charge < -0.3 is 47.3 Å². The number of nitrogens with one attached hydrogen (secondary N) is 6. The highest BCUT2D eigenvalue weighted by Crippen LogP contribution is 2.37. The molecule has 0 aliphatic rings. The summed E-state index contributed by atoms with van der Waals surface area (Å²) in [4.78, 5) is 88.8. The van der Waals surface area contributed by atoms with Crippen molar-refractivity contribution in [2.75, 3.05) is 13.1 Å². The molecule has 0 unspecified atom stereocenters. The van der Waals surface area contributed by atoms with E-state index in [1.165, 1.54) is 6.92 Å². The van der Waals surface area contributed by atoms with E-state index in [4.69, 9.17) is 5.73 Å². The molecule has 1 aromatic heterocycles. The smallest absolute Gasteiger partial charge is 0.305 e. The predicted molar refractivity (Wildman–Crippen MR) is 251 cm³/mol. The summed E-state index contributed by atoms with van der Waals surface area (Å²) in [5, 5.41) is 25.9. The molecular weight excluding hydrogens is 867 g/mol. The van der Waals surface area contributed by atoms with Crippen LogP contribution in [0.4, 0.5) is 8.78 Å². The quantitative estimate of drug-likeness (QED) is 0.0364. The van der Waals surface area contributed by atoms with Crippen LogP contribution in [0.3, 0.4) is 0 Å². The van der Waals surface area contributed by atoms with Crippen molar-refractivity contribution in [1.82, 2.24) is 36.5 Å². The Bertz CT molecular complexity index is 2190. The summed E-state index contributed by atoms with van der Waals surface area (Å²) in [5.41, 5.74) is 7.02. The monoisotopic (exact) mass is 935 g/mol. The minimum Gasteiger partial charge on any atom is -0.481 e. The van der Waals surface area contributed by atoms with Gasteiger partial charge in [-0.3, -0.25) is 33.6 Å². The molecule has 0 saturated heterocycles. The normalized spacial score (nSPS) is 13.3. The van der Waals surface area contributed by atoms with Crippen molar-refractivity contribution >= 4 is 41.4 Å². The Kier molecular flexibility index (Phi) is 21.3. The van der Waals surface area contributed by atoms with Gasteiger partial charge in [0.2, 0.25) is 35.4 Å². The maximum atomic E-state index is 15.0. The topological polar surface area (TPSA) is 243 Å². The molecule has 18 heteroatoms. The van der Waals surface area contributed by atoms with Crippen LogP contribution in [0.1, 0.15) is 117 Å². The average molecular weight is 935 g/mol. The zero-order chi connectivity index (χ0) is 49.9. The third kappa shape index (κ3) is 17.7. The van der Waals surface area contributed by atoms with Gasteiger partial charge in [-0.15, -0.1) is 6.58 Å². The van der Waals surface area contributed by atoms with E-state index in [0.29, 0.717) is 44.3 Å². The van der Waals surface area contributed by atoms with Crippen LogP contribution in [-0.4, -0.2) is 87.8 Å². The fraction of sp³-hybridized carbons (Fsp3) is 0.490. The molecule has 2 aromatic carbocycles. The van der Waals surface area contributed by atoms with Crippen molar-refractivity contribution in [2.24, 2.45) is 11.1 Å². The molecule has 0 aliphatic carbocycles. The van der Waals surface area contributed by atoms with E-state index in [2.05, 4.69) is 38.5 Å². The Hall–Kier alpha value is -6.43. The molecule has 0 fully saturated rings. The molecule has 366 valence electrons. The van der Waals surface area contributed by atoms with Crippen LogP contribution in [-0.2, 0) is 40.1 Å². The van der Waals surface area contributed by atoms with E-state index in [-0.39, 0.29) is 43.3 Å². The van der Waals surface area contributed by atoms with E-state index in [0.717, 1.165) is 29.5 Å². The number of hydrogen-bond acceptors (Lipinski definition) is 8. The Morgan fingerprint density at radius 3 is 2.07 bits per heavy atom. The van der Waals surface area contributed by atoms with Gasteiger partial charge in [-0.05, 0) is 80.8 Å². The second-order valence-corrected chi connectivity index (χ2v) is 17.9. The first-order valence-electron chi connectivity index (χ1n) is 22.6. The van der Waals surface area contributed by atoms with Crippen LogP contribution in [0.25, 0.3) is 11.1 Å². The molecule has 3 rings (SSSR count). The largest absolute Gasteiger partial charge is 0.481 e. The molecule has 4 atom stereocenters. The SMILES string of the molecule is C=CCC(CC)(CC)NC(=O)CCCC(=O)N[C@@H](C)C(=O)N[C@@H](CC(=O)O)C(=O)N[C@@H](CC(N)=O)C(=O)NCCCN[C@@H](c1cc(-c2cc(F)ccc2F)cn1Cc1ccccc1)C(C)(C)C. The number of carboxylic acids is 1. The molecule has 6 amide bonds. The second-order valence-electron chi connectivity index (χ2n) is 17.9. The van der Waals surface area contributed by atoms with Crippen LogP contribution in [0.2, 0.25) is 0 Å². The number of primary amides is 1. The highest BCUT2D eigenvalue weighted by atomic mass is 19.1. The van der Waals surface area contributed by atoms with E-state index >= 15 is 0 Å². The number of rotatable bonds is 28. The lowest BCUT2D eigenvalue weighted by atomic mass is 9.84. The average Bonchev–Trinajstić information content (AvgIpc) is 3.66. The number of carboxylic acid groups (broad SMARTS) is 1. The zero-order valence-corrected chi connectivity index (χ0v) is 39.4. The minimum atomic E-state index is -1.71. The molecule has 0 spiro atoms. The van der Waals surface area contributed by atoms with E-state index in [9.17, 15) is 47.4 Å². The van der Waals surface area contributed by atoms with Crippen LogP contribution in [0.5, 0.6) is 0 Å². The van der Waals surface area contributed by atoms with Gasteiger partial charge in [0.15, 0.2) is 0 Å². The van der Waals surface area contributed by atoms with E-state index in [1.54, 1.807) is 12.3 Å². The van der Waals surface area contributed by atoms with Crippen molar-refractivity contribution in [3.63, 3.8) is 0 Å². The van der Waals surface area contributed by atoms with E-state index < -0.39 is 89.1 Å². The first kappa shape index (κ1) is 54.9. The van der Waals surface area contributed by atoms with Crippen LogP contribution >= 0.6 is 0 Å².